The molecule has 0 atom stereocenters. The number of nitrogens with zero attached hydrogens (tertiary/aromatic N) is 4. The highest BCUT2D eigenvalue weighted by Gasteiger charge is 2.25. The van der Waals surface area contributed by atoms with Crippen molar-refractivity contribution in [3.05, 3.63) is 49.9 Å². The Morgan fingerprint density at radius 3 is 1.30 bits per heavy atom. The number of hydrogen-bond acceptors (Lipinski definition) is 8. The highest BCUT2D eigenvalue weighted by Crippen LogP contribution is 2.47. The van der Waals surface area contributed by atoms with Gasteiger partial charge >= 0.3 is 0 Å². The molecular weight excluding hydrogens is 478 g/mol. The van der Waals surface area contributed by atoms with Gasteiger partial charge in [-0.15, -0.1) is 21.0 Å². The smallest absolute Gasteiger partial charge is 0.292 e. The molecule has 0 fully saturated rings. The van der Waals surface area contributed by atoms with E-state index in [0.29, 0.717) is 0 Å². The van der Waals surface area contributed by atoms with Crippen molar-refractivity contribution in [3.8, 4) is 48.0 Å². The number of rotatable bonds is 6. The third-order valence-corrected chi connectivity index (χ3v) is 4.32. The van der Waals surface area contributed by atoms with Gasteiger partial charge in [-0.05, 0) is 12.1 Å². The van der Waals surface area contributed by atoms with Crippen LogP contribution in [-0.2, 0) is 0 Å². The van der Waals surface area contributed by atoms with E-state index < -0.39 is 4.49 Å². The standard InChI is InChI=1S/C18H4Cl4N4O4/c19-13-3-9(27-5-23)1-11(16(13)29-7-25)15(18(21)22)12-2-10(28-6-24)4-14(20)17(12)30-8-26/h1-4H. The van der Waals surface area contributed by atoms with Gasteiger partial charge in [-0.25, -0.2) is 0 Å². The molecule has 0 aliphatic rings. The summed E-state index contributed by atoms with van der Waals surface area (Å²) in [4.78, 5) is 0. The van der Waals surface area contributed by atoms with Crippen LogP contribution < -0.4 is 18.9 Å². The Kier molecular flexibility index (Phi) is 7.84. The number of nitriles is 4. The predicted octanol–water partition coefficient (Wildman–Crippen LogP) is 5.63. The molecule has 0 aliphatic heterocycles. The van der Waals surface area contributed by atoms with Gasteiger partial charge in [0.2, 0.25) is 0 Å². The van der Waals surface area contributed by atoms with E-state index in [9.17, 15) is 0 Å². The molecule has 148 valence electrons. The summed E-state index contributed by atoms with van der Waals surface area (Å²) in [7, 11) is 0. The molecule has 0 spiro atoms. The lowest BCUT2D eigenvalue weighted by molar-refractivity contribution is 0.489. The Hall–Kier alpha value is -3.50. The van der Waals surface area contributed by atoms with Gasteiger partial charge in [0.15, 0.2) is 11.5 Å². The van der Waals surface area contributed by atoms with Crippen molar-refractivity contribution in [2.75, 3.05) is 0 Å². The fourth-order valence-electron chi connectivity index (χ4n) is 2.38. The van der Waals surface area contributed by atoms with E-state index in [2.05, 4.69) is 0 Å². The fraction of sp³-hybridized carbons (Fsp3) is 0. The molecule has 0 aromatic heterocycles. The maximum atomic E-state index is 8.99. The highest BCUT2D eigenvalue weighted by atomic mass is 35.5. The molecule has 0 amide bonds. The largest absolute Gasteiger partial charge is 0.388 e. The Morgan fingerprint density at radius 1 is 0.633 bits per heavy atom. The Balaban J connectivity index is 2.94. The Morgan fingerprint density at radius 2 is 1.00 bits per heavy atom. The molecule has 0 bridgehead atoms. The van der Waals surface area contributed by atoms with Gasteiger partial charge < -0.3 is 18.9 Å². The molecular formula is C18H4Cl4N4O4. The van der Waals surface area contributed by atoms with Gasteiger partial charge in [0.25, 0.3) is 25.0 Å². The minimum atomic E-state index is -0.393. The van der Waals surface area contributed by atoms with Gasteiger partial charge in [0.05, 0.1) is 10.0 Å². The summed E-state index contributed by atoms with van der Waals surface area (Å²) >= 11 is 24.5. The first kappa shape index (κ1) is 22.8. The van der Waals surface area contributed by atoms with E-state index in [4.69, 9.17) is 86.4 Å². The summed E-state index contributed by atoms with van der Waals surface area (Å²) in [6.07, 6.45) is 5.88. The van der Waals surface area contributed by atoms with E-state index >= 15 is 0 Å². The van der Waals surface area contributed by atoms with E-state index in [1.165, 1.54) is 49.3 Å². The zero-order valence-electron chi connectivity index (χ0n) is 14.2. The number of halogens is 4. The molecule has 8 nitrogen and oxygen atoms in total. The normalized spacial score (nSPS) is 9.20. The zero-order valence-corrected chi connectivity index (χ0v) is 17.3. The van der Waals surface area contributed by atoms with Gasteiger partial charge in [-0.1, -0.05) is 46.4 Å². The van der Waals surface area contributed by atoms with E-state index in [1.54, 1.807) is 0 Å². The monoisotopic (exact) mass is 480 g/mol. The van der Waals surface area contributed by atoms with Crippen molar-refractivity contribution in [2.45, 2.75) is 0 Å². The van der Waals surface area contributed by atoms with Crippen molar-refractivity contribution in [1.29, 1.82) is 21.0 Å². The molecule has 0 radical (unpaired) electrons. The fourth-order valence-corrected chi connectivity index (χ4v) is 3.28. The van der Waals surface area contributed by atoms with Gasteiger partial charge in [-0.3, -0.25) is 0 Å². The zero-order chi connectivity index (χ0) is 22.3. The highest BCUT2D eigenvalue weighted by molar-refractivity contribution is 6.59. The number of hydrogen-bond donors (Lipinski definition) is 0. The van der Waals surface area contributed by atoms with Crippen LogP contribution in [-0.4, -0.2) is 0 Å². The van der Waals surface area contributed by atoms with Crippen LogP contribution >= 0.6 is 46.4 Å². The number of ether oxygens (including phenoxy) is 4. The third kappa shape index (κ3) is 4.91. The second kappa shape index (κ2) is 10.3. The maximum absolute atomic E-state index is 8.99. The first-order valence-corrected chi connectivity index (χ1v) is 8.85. The quantitative estimate of drug-likeness (QED) is 0.485. The van der Waals surface area contributed by atoms with Crippen molar-refractivity contribution in [1.82, 2.24) is 0 Å². The van der Waals surface area contributed by atoms with E-state index in [-0.39, 0.29) is 49.7 Å². The van der Waals surface area contributed by atoms with Crippen LogP contribution in [0.3, 0.4) is 0 Å². The lowest BCUT2D eigenvalue weighted by atomic mass is 9.97. The van der Waals surface area contributed by atoms with E-state index in [0.717, 1.165) is 0 Å². The van der Waals surface area contributed by atoms with Crippen LogP contribution in [0.15, 0.2) is 28.8 Å². The molecule has 12 heteroatoms. The first-order valence-electron chi connectivity index (χ1n) is 7.34. The maximum Gasteiger partial charge on any atom is 0.292 e. The molecule has 2 aromatic rings. The first-order chi connectivity index (χ1) is 14.4. The molecule has 0 aliphatic carbocycles. The molecule has 2 rings (SSSR count). The van der Waals surface area contributed by atoms with Crippen molar-refractivity contribution >= 4 is 52.0 Å². The minimum Gasteiger partial charge on any atom is -0.388 e. The van der Waals surface area contributed by atoms with Crippen LogP contribution in [0.5, 0.6) is 23.0 Å². The van der Waals surface area contributed by atoms with E-state index in [1.807, 2.05) is 0 Å². The van der Waals surface area contributed by atoms with Crippen molar-refractivity contribution in [2.24, 2.45) is 0 Å². The minimum absolute atomic E-state index is 0.0118. The average molecular weight is 482 g/mol. The summed E-state index contributed by atoms with van der Waals surface area (Å²) in [5, 5.41) is 35.3. The van der Waals surface area contributed by atoms with Gasteiger partial charge in [0, 0.05) is 28.8 Å². The topological polar surface area (TPSA) is 132 Å². The lowest BCUT2D eigenvalue weighted by Crippen LogP contribution is -2.00. The number of benzene rings is 2. The molecule has 0 saturated carbocycles. The van der Waals surface area contributed by atoms with Crippen LogP contribution in [0.25, 0.3) is 5.57 Å². The summed E-state index contributed by atoms with van der Waals surface area (Å²) in [6, 6.07) is 4.94. The molecule has 0 saturated heterocycles. The molecule has 0 heterocycles. The summed E-state index contributed by atoms with van der Waals surface area (Å²) in [6.45, 7) is 0. The van der Waals surface area contributed by atoms with Crippen LogP contribution in [0, 0.1) is 46.1 Å². The molecule has 2 aromatic carbocycles. The Bertz CT molecular complexity index is 1110. The third-order valence-electron chi connectivity index (χ3n) is 3.38. The second-order valence-corrected chi connectivity index (χ2v) is 6.74. The van der Waals surface area contributed by atoms with Crippen molar-refractivity contribution < 1.29 is 18.9 Å². The summed E-state index contributed by atoms with van der Waals surface area (Å²) < 4.78 is 19.0. The van der Waals surface area contributed by atoms with Crippen LogP contribution in [0.4, 0.5) is 0 Å². The summed E-state index contributed by atoms with van der Waals surface area (Å²) in [5.41, 5.74) is -0.103. The molecule has 0 N–H and O–H groups in total. The van der Waals surface area contributed by atoms with Gasteiger partial charge in [-0.2, -0.15) is 0 Å². The average Bonchev–Trinajstić information content (AvgIpc) is 2.67. The predicted molar refractivity (Wildman–Crippen MR) is 106 cm³/mol. The Labute approximate surface area is 189 Å². The second-order valence-electron chi connectivity index (χ2n) is 4.97. The SMILES string of the molecule is N#COc1cc(Cl)c(OC#N)c(C(=C(Cl)Cl)c2cc(OC#N)cc(Cl)c2OC#N)c1. The lowest BCUT2D eigenvalue weighted by Gasteiger charge is -2.17. The molecule has 30 heavy (non-hydrogen) atoms. The van der Waals surface area contributed by atoms with Crippen LogP contribution in [0.2, 0.25) is 10.0 Å². The van der Waals surface area contributed by atoms with Crippen molar-refractivity contribution in [3.63, 3.8) is 0 Å². The van der Waals surface area contributed by atoms with Crippen LogP contribution in [0.1, 0.15) is 11.1 Å². The summed E-state index contributed by atoms with van der Waals surface area (Å²) in [5.74, 6) is -0.450. The van der Waals surface area contributed by atoms with Gasteiger partial charge in [0.1, 0.15) is 16.0 Å². The molecule has 0 unspecified atom stereocenters.